The summed E-state index contributed by atoms with van der Waals surface area (Å²) in [5, 5.41) is 7.09. The van der Waals surface area contributed by atoms with Crippen LogP contribution in [0.2, 0.25) is 5.28 Å². The van der Waals surface area contributed by atoms with E-state index in [0.717, 1.165) is 6.42 Å². The van der Waals surface area contributed by atoms with Crippen molar-refractivity contribution in [3.05, 3.63) is 23.2 Å². The smallest absolute Gasteiger partial charge is 0.341 e. The fourth-order valence-corrected chi connectivity index (χ4v) is 1.67. The number of ether oxygens (including phenoxy) is 1. The predicted molar refractivity (Wildman–Crippen MR) is 76.7 cm³/mol. The molecule has 0 aliphatic rings. The van der Waals surface area contributed by atoms with Crippen LogP contribution in [0, 0.1) is 0 Å². The lowest BCUT2D eigenvalue weighted by Gasteiger charge is -2.05. The van der Waals surface area contributed by atoms with Gasteiger partial charge in [0.05, 0.1) is 18.4 Å². The lowest BCUT2D eigenvalue weighted by atomic mass is 10.4. The molecule has 2 heterocycles. The normalized spacial score (nSPS) is 10.4. The number of rotatable bonds is 6. The second-order valence-electron chi connectivity index (χ2n) is 4.05. The highest BCUT2D eigenvalue weighted by Gasteiger charge is 2.13. The highest BCUT2D eigenvalue weighted by Crippen LogP contribution is 2.10. The van der Waals surface area contributed by atoms with Crippen LogP contribution in [-0.4, -0.2) is 43.9 Å². The molecular weight excluding hydrogens is 296 g/mol. The summed E-state index contributed by atoms with van der Waals surface area (Å²) in [6.45, 7) is 4.77. The van der Waals surface area contributed by atoms with Gasteiger partial charge < -0.3 is 10.1 Å². The Bertz CT molecular complexity index is 630. The molecule has 0 spiro atoms. The summed E-state index contributed by atoms with van der Waals surface area (Å²) in [5.41, 5.74) is 0.316. The molecule has 2 aromatic heterocycles. The van der Waals surface area contributed by atoms with Crippen LogP contribution in [0.25, 0.3) is 5.95 Å². The number of carbonyl (C=O) groups excluding carboxylic acids is 1. The first-order valence-electron chi connectivity index (χ1n) is 6.51. The van der Waals surface area contributed by atoms with Crippen LogP contribution in [0.15, 0.2) is 12.4 Å². The third kappa shape index (κ3) is 3.88. The SMILES string of the molecule is CCCNc1nc(Cl)nc(-n2cc(C(=O)OCC)cn2)n1. The summed E-state index contributed by atoms with van der Waals surface area (Å²) in [5.74, 6) is 0.137. The molecule has 9 heteroatoms. The average molecular weight is 311 g/mol. The second kappa shape index (κ2) is 6.98. The van der Waals surface area contributed by atoms with Crippen LogP contribution in [0.4, 0.5) is 5.95 Å². The molecular formula is C12H15ClN6O2. The summed E-state index contributed by atoms with van der Waals surface area (Å²) in [4.78, 5) is 23.7. The predicted octanol–water partition coefficient (Wildman–Crippen LogP) is 1.71. The molecule has 0 aliphatic carbocycles. The summed E-state index contributed by atoms with van der Waals surface area (Å²) in [6, 6.07) is 0. The number of carbonyl (C=O) groups is 1. The monoisotopic (exact) mass is 310 g/mol. The van der Waals surface area contributed by atoms with Gasteiger partial charge in [-0.15, -0.1) is 0 Å². The number of anilines is 1. The third-order valence-corrected chi connectivity index (χ3v) is 2.60. The van der Waals surface area contributed by atoms with Crippen LogP contribution < -0.4 is 5.32 Å². The molecule has 8 nitrogen and oxygen atoms in total. The Morgan fingerprint density at radius 3 is 2.90 bits per heavy atom. The van der Waals surface area contributed by atoms with Gasteiger partial charge in [-0.1, -0.05) is 6.92 Å². The van der Waals surface area contributed by atoms with Crippen molar-refractivity contribution in [3.8, 4) is 5.95 Å². The van der Waals surface area contributed by atoms with E-state index >= 15 is 0 Å². The molecule has 112 valence electrons. The van der Waals surface area contributed by atoms with E-state index in [1.807, 2.05) is 6.92 Å². The molecule has 0 aliphatic heterocycles. The van der Waals surface area contributed by atoms with Crippen LogP contribution >= 0.6 is 11.6 Å². The molecule has 0 atom stereocenters. The van der Waals surface area contributed by atoms with E-state index in [9.17, 15) is 4.79 Å². The van der Waals surface area contributed by atoms with Gasteiger partial charge in [-0.2, -0.15) is 20.1 Å². The van der Waals surface area contributed by atoms with Gasteiger partial charge in [-0.3, -0.25) is 0 Å². The zero-order valence-corrected chi connectivity index (χ0v) is 12.5. The first kappa shape index (κ1) is 15.2. The minimum atomic E-state index is -0.451. The maximum atomic E-state index is 11.6. The molecule has 0 saturated heterocycles. The van der Waals surface area contributed by atoms with E-state index < -0.39 is 5.97 Å². The minimum Gasteiger partial charge on any atom is -0.462 e. The van der Waals surface area contributed by atoms with E-state index in [1.165, 1.54) is 17.1 Å². The molecule has 0 saturated carbocycles. The molecule has 0 amide bonds. The van der Waals surface area contributed by atoms with Gasteiger partial charge >= 0.3 is 5.97 Å². The minimum absolute atomic E-state index is 0.0480. The van der Waals surface area contributed by atoms with E-state index in [1.54, 1.807) is 6.92 Å². The zero-order chi connectivity index (χ0) is 15.2. The molecule has 1 N–H and O–H groups in total. The van der Waals surface area contributed by atoms with Gasteiger partial charge in [0, 0.05) is 12.7 Å². The molecule has 0 radical (unpaired) electrons. The maximum Gasteiger partial charge on any atom is 0.341 e. The Hall–Kier alpha value is -2.22. The van der Waals surface area contributed by atoms with Gasteiger partial charge in [0.25, 0.3) is 5.95 Å². The maximum absolute atomic E-state index is 11.6. The van der Waals surface area contributed by atoms with Crippen molar-refractivity contribution in [2.75, 3.05) is 18.5 Å². The van der Waals surface area contributed by atoms with E-state index in [0.29, 0.717) is 24.7 Å². The number of aromatic nitrogens is 5. The Balaban J connectivity index is 2.25. The van der Waals surface area contributed by atoms with Gasteiger partial charge in [0.2, 0.25) is 11.2 Å². The van der Waals surface area contributed by atoms with Gasteiger partial charge in [0.1, 0.15) is 0 Å². The lowest BCUT2D eigenvalue weighted by Crippen LogP contribution is -2.10. The van der Waals surface area contributed by atoms with Crippen LogP contribution in [0.1, 0.15) is 30.6 Å². The molecule has 0 fully saturated rings. The number of hydrogen-bond acceptors (Lipinski definition) is 7. The van der Waals surface area contributed by atoms with Crippen molar-refractivity contribution in [1.29, 1.82) is 0 Å². The number of esters is 1. The van der Waals surface area contributed by atoms with Crippen molar-refractivity contribution in [2.24, 2.45) is 0 Å². The van der Waals surface area contributed by atoms with E-state index in [2.05, 4.69) is 25.4 Å². The summed E-state index contributed by atoms with van der Waals surface area (Å²) in [6.07, 6.45) is 3.79. The largest absolute Gasteiger partial charge is 0.462 e. The lowest BCUT2D eigenvalue weighted by molar-refractivity contribution is 0.0526. The summed E-state index contributed by atoms with van der Waals surface area (Å²) >= 11 is 5.86. The molecule has 21 heavy (non-hydrogen) atoms. The number of halogens is 1. The Morgan fingerprint density at radius 2 is 2.19 bits per heavy atom. The molecule has 0 bridgehead atoms. The van der Waals surface area contributed by atoms with Crippen LogP contribution in [0.5, 0.6) is 0 Å². The zero-order valence-electron chi connectivity index (χ0n) is 11.7. The van der Waals surface area contributed by atoms with Crippen LogP contribution in [-0.2, 0) is 4.74 Å². The van der Waals surface area contributed by atoms with Gasteiger partial charge in [-0.25, -0.2) is 9.48 Å². The average Bonchev–Trinajstić information content (AvgIpc) is 2.95. The Labute approximate surface area is 126 Å². The second-order valence-corrected chi connectivity index (χ2v) is 4.39. The van der Waals surface area contributed by atoms with Crippen molar-refractivity contribution >= 4 is 23.5 Å². The fourth-order valence-electron chi connectivity index (χ4n) is 1.51. The van der Waals surface area contributed by atoms with Gasteiger partial charge in [-0.05, 0) is 24.9 Å². The van der Waals surface area contributed by atoms with Crippen LogP contribution in [0.3, 0.4) is 0 Å². The molecule has 0 unspecified atom stereocenters. The fraction of sp³-hybridized carbons (Fsp3) is 0.417. The molecule has 2 aromatic rings. The number of nitrogens with one attached hydrogen (secondary N) is 1. The van der Waals surface area contributed by atoms with Crippen molar-refractivity contribution in [1.82, 2.24) is 24.7 Å². The Kier molecular flexibility index (Phi) is 5.04. The van der Waals surface area contributed by atoms with Gasteiger partial charge in [0.15, 0.2) is 0 Å². The number of hydrogen-bond donors (Lipinski definition) is 1. The van der Waals surface area contributed by atoms with Crippen molar-refractivity contribution in [3.63, 3.8) is 0 Å². The standard InChI is InChI=1S/C12H15ClN6O2/c1-3-5-14-11-16-10(13)17-12(18-11)19-7-8(6-15-19)9(20)21-4-2/h6-7H,3-5H2,1-2H3,(H,14,16,17,18). The summed E-state index contributed by atoms with van der Waals surface area (Å²) in [7, 11) is 0. The quantitative estimate of drug-likeness (QED) is 0.811. The van der Waals surface area contributed by atoms with Crippen molar-refractivity contribution in [2.45, 2.75) is 20.3 Å². The molecule has 2 rings (SSSR count). The topological polar surface area (TPSA) is 94.8 Å². The number of nitrogens with zero attached hydrogens (tertiary/aromatic N) is 5. The third-order valence-electron chi connectivity index (χ3n) is 2.43. The highest BCUT2D eigenvalue weighted by atomic mass is 35.5. The Morgan fingerprint density at radius 1 is 1.38 bits per heavy atom. The van der Waals surface area contributed by atoms with E-state index in [-0.39, 0.29) is 11.2 Å². The first-order chi connectivity index (χ1) is 10.1. The molecule has 0 aromatic carbocycles. The highest BCUT2D eigenvalue weighted by molar-refractivity contribution is 6.28. The van der Waals surface area contributed by atoms with E-state index in [4.69, 9.17) is 16.3 Å². The van der Waals surface area contributed by atoms with Crippen molar-refractivity contribution < 1.29 is 9.53 Å². The summed E-state index contributed by atoms with van der Waals surface area (Å²) < 4.78 is 6.24. The first-order valence-corrected chi connectivity index (χ1v) is 6.89.